The van der Waals surface area contributed by atoms with Crippen LogP contribution in [0.2, 0.25) is 5.02 Å². The first-order valence-corrected chi connectivity index (χ1v) is 8.83. The van der Waals surface area contributed by atoms with Crippen molar-refractivity contribution in [1.82, 2.24) is 0 Å². The molecule has 0 bridgehead atoms. The van der Waals surface area contributed by atoms with Gasteiger partial charge in [-0.3, -0.25) is 4.79 Å². The number of carbonyl (C=O) groups excluding carboxylic acids is 2. The van der Waals surface area contributed by atoms with Crippen molar-refractivity contribution in [2.45, 2.75) is 19.8 Å². The van der Waals surface area contributed by atoms with Gasteiger partial charge in [-0.15, -0.1) is 0 Å². The maximum absolute atomic E-state index is 12.2. The molecule has 0 saturated heterocycles. The van der Waals surface area contributed by atoms with E-state index in [1.807, 2.05) is 12.1 Å². The highest BCUT2D eigenvalue weighted by molar-refractivity contribution is 6.34. The highest BCUT2D eigenvalue weighted by atomic mass is 35.5. The third kappa shape index (κ3) is 5.62. The Morgan fingerprint density at radius 3 is 2.41 bits per heavy atom. The van der Waals surface area contributed by atoms with E-state index in [4.69, 9.17) is 25.8 Å². The predicted molar refractivity (Wildman–Crippen MR) is 104 cm³/mol. The highest BCUT2D eigenvalue weighted by Crippen LogP contribution is 2.28. The van der Waals surface area contributed by atoms with Crippen LogP contribution in [0.5, 0.6) is 11.5 Å². The first-order valence-electron chi connectivity index (χ1n) is 8.46. The molecule has 0 radical (unpaired) electrons. The third-order valence-corrected chi connectivity index (χ3v) is 4.16. The van der Waals surface area contributed by atoms with Crippen molar-refractivity contribution in [3.63, 3.8) is 0 Å². The molecular formula is C20H22ClNO5. The fraction of sp³-hybridized carbons (Fsp3) is 0.300. The summed E-state index contributed by atoms with van der Waals surface area (Å²) in [5.41, 5.74) is 1.73. The van der Waals surface area contributed by atoms with Gasteiger partial charge in [0.2, 0.25) is 5.91 Å². The molecule has 6 nitrogen and oxygen atoms in total. The number of esters is 1. The lowest BCUT2D eigenvalue weighted by atomic mass is 10.1. The molecule has 0 aromatic heterocycles. The minimum Gasteiger partial charge on any atom is -0.493 e. The molecule has 7 heteroatoms. The minimum absolute atomic E-state index is 0.185. The van der Waals surface area contributed by atoms with E-state index in [0.29, 0.717) is 29.2 Å². The zero-order chi connectivity index (χ0) is 19.8. The van der Waals surface area contributed by atoms with Crippen LogP contribution in [0.4, 0.5) is 5.69 Å². The second kappa shape index (κ2) is 9.83. The quantitative estimate of drug-likeness (QED) is 0.685. The summed E-state index contributed by atoms with van der Waals surface area (Å²) >= 11 is 6.15. The average Bonchev–Trinajstić information content (AvgIpc) is 2.67. The first kappa shape index (κ1) is 20.6. The van der Waals surface area contributed by atoms with Crippen LogP contribution < -0.4 is 14.8 Å². The van der Waals surface area contributed by atoms with Crippen LogP contribution in [-0.4, -0.2) is 32.7 Å². The van der Waals surface area contributed by atoms with Gasteiger partial charge in [0.05, 0.1) is 37.1 Å². The van der Waals surface area contributed by atoms with Gasteiger partial charge in [-0.1, -0.05) is 17.7 Å². The summed E-state index contributed by atoms with van der Waals surface area (Å²) in [6.07, 6.45) is 0.802. The van der Waals surface area contributed by atoms with E-state index in [1.54, 1.807) is 39.3 Å². The standard InChI is InChI=1S/C20H22ClNO5/c1-4-27-20(24)14-7-8-16(15(21)12-14)22-19(23)10-6-13-5-9-17(25-2)18(11-13)26-3/h5,7-9,11-12H,4,6,10H2,1-3H3,(H,22,23). The lowest BCUT2D eigenvalue weighted by Gasteiger charge is -2.11. The summed E-state index contributed by atoms with van der Waals surface area (Å²) in [4.78, 5) is 23.9. The molecule has 0 spiro atoms. The van der Waals surface area contributed by atoms with Gasteiger partial charge in [0.15, 0.2) is 11.5 Å². The van der Waals surface area contributed by atoms with Crippen LogP contribution in [0.1, 0.15) is 29.3 Å². The summed E-state index contributed by atoms with van der Waals surface area (Å²) < 4.78 is 15.4. The van der Waals surface area contributed by atoms with Crippen molar-refractivity contribution >= 4 is 29.2 Å². The third-order valence-electron chi connectivity index (χ3n) is 3.84. The minimum atomic E-state index is -0.453. The summed E-state index contributed by atoms with van der Waals surface area (Å²) in [6.45, 7) is 2.01. The fourth-order valence-electron chi connectivity index (χ4n) is 2.46. The molecule has 2 rings (SSSR count). The Hall–Kier alpha value is -2.73. The lowest BCUT2D eigenvalue weighted by molar-refractivity contribution is -0.116. The monoisotopic (exact) mass is 391 g/mol. The fourth-order valence-corrected chi connectivity index (χ4v) is 2.69. The van der Waals surface area contributed by atoms with Crippen molar-refractivity contribution in [3.8, 4) is 11.5 Å². The zero-order valence-electron chi connectivity index (χ0n) is 15.5. The molecule has 1 amide bonds. The number of rotatable bonds is 8. The molecule has 1 N–H and O–H groups in total. The zero-order valence-corrected chi connectivity index (χ0v) is 16.3. The van der Waals surface area contributed by atoms with Crippen LogP contribution in [0, 0.1) is 0 Å². The molecule has 2 aromatic carbocycles. The molecule has 0 aliphatic carbocycles. The number of halogens is 1. The summed E-state index contributed by atoms with van der Waals surface area (Å²) in [5, 5.41) is 3.03. The molecule has 0 unspecified atom stereocenters. The van der Waals surface area contributed by atoms with Gasteiger partial charge in [-0.2, -0.15) is 0 Å². The Morgan fingerprint density at radius 2 is 1.78 bits per heavy atom. The van der Waals surface area contributed by atoms with Crippen LogP contribution in [0.25, 0.3) is 0 Å². The van der Waals surface area contributed by atoms with E-state index in [2.05, 4.69) is 5.32 Å². The molecule has 2 aromatic rings. The number of hydrogen-bond acceptors (Lipinski definition) is 5. The number of methoxy groups -OCH3 is 2. The van der Waals surface area contributed by atoms with Crippen molar-refractivity contribution < 1.29 is 23.8 Å². The molecule has 0 saturated carbocycles. The van der Waals surface area contributed by atoms with Gasteiger partial charge in [-0.05, 0) is 49.2 Å². The lowest BCUT2D eigenvalue weighted by Crippen LogP contribution is -2.13. The van der Waals surface area contributed by atoms with Crippen LogP contribution in [0.15, 0.2) is 36.4 Å². The largest absolute Gasteiger partial charge is 0.493 e. The van der Waals surface area contributed by atoms with Crippen molar-refractivity contribution in [1.29, 1.82) is 0 Å². The Bertz CT molecular complexity index is 822. The molecule has 144 valence electrons. The van der Waals surface area contributed by atoms with Crippen LogP contribution in [-0.2, 0) is 16.0 Å². The number of carbonyl (C=O) groups is 2. The van der Waals surface area contributed by atoms with E-state index in [9.17, 15) is 9.59 Å². The first-order chi connectivity index (χ1) is 13.0. The Morgan fingerprint density at radius 1 is 1.04 bits per heavy atom. The van der Waals surface area contributed by atoms with E-state index in [-0.39, 0.29) is 24.0 Å². The van der Waals surface area contributed by atoms with Gasteiger partial charge in [-0.25, -0.2) is 4.79 Å². The van der Waals surface area contributed by atoms with E-state index in [1.165, 1.54) is 6.07 Å². The van der Waals surface area contributed by atoms with E-state index in [0.717, 1.165) is 5.56 Å². The summed E-state index contributed by atoms with van der Waals surface area (Å²) in [7, 11) is 3.14. The van der Waals surface area contributed by atoms with E-state index >= 15 is 0 Å². The van der Waals surface area contributed by atoms with Gasteiger partial charge in [0.1, 0.15) is 0 Å². The Kier molecular flexibility index (Phi) is 7.49. The SMILES string of the molecule is CCOC(=O)c1ccc(NC(=O)CCc2ccc(OC)c(OC)c2)c(Cl)c1. The number of nitrogens with one attached hydrogen (secondary N) is 1. The normalized spacial score (nSPS) is 10.2. The molecule has 0 aliphatic heterocycles. The highest BCUT2D eigenvalue weighted by Gasteiger charge is 2.12. The number of ether oxygens (including phenoxy) is 3. The Labute approximate surface area is 163 Å². The van der Waals surface area contributed by atoms with Crippen molar-refractivity contribution in [2.24, 2.45) is 0 Å². The predicted octanol–water partition coefficient (Wildman–Crippen LogP) is 4.11. The van der Waals surface area contributed by atoms with Crippen LogP contribution in [0.3, 0.4) is 0 Å². The number of aryl methyl sites for hydroxylation is 1. The molecule has 27 heavy (non-hydrogen) atoms. The number of hydrogen-bond donors (Lipinski definition) is 1. The Balaban J connectivity index is 1.97. The second-order valence-electron chi connectivity index (χ2n) is 5.65. The van der Waals surface area contributed by atoms with Gasteiger partial charge in [0, 0.05) is 6.42 Å². The molecule has 0 aliphatic rings. The summed E-state index contributed by atoms with van der Waals surface area (Å²) in [6, 6.07) is 10.2. The number of anilines is 1. The van der Waals surface area contributed by atoms with Crippen molar-refractivity contribution in [3.05, 3.63) is 52.5 Å². The number of amides is 1. The maximum atomic E-state index is 12.2. The summed E-state index contributed by atoms with van der Waals surface area (Å²) in [5.74, 6) is 0.619. The molecule has 0 fully saturated rings. The smallest absolute Gasteiger partial charge is 0.338 e. The average molecular weight is 392 g/mol. The van der Waals surface area contributed by atoms with Crippen LogP contribution >= 0.6 is 11.6 Å². The second-order valence-corrected chi connectivity index (χ2v) is 6.06. The van der Waals surface area contributed by atoms with Gasteiger partial charge < -0.3 is 19.5 Å². The molecular weight excluding hydrogens is 370 g/mol. The maximum Gasteiger partial charge on any atom is 0.338 e. The topological polar surface area (TPSA) is 73.9 Å². The number of benzene rings is 2. The van der Waals surface area contributed by atoms with Gasteiger partial charge in [0.25, 0.3) is 0 Å². The van der Waals surface area contributed by atoms with Crippen molar-refractivity contribution in [2.75, 3.05) is 26.1 Å². The van der Waals surface area contributed by atoms with Gasteiger partial charge >= 0.3 is 5.97 Å². The molecule has 0 atom stereocenters. The van der Waals surface area contributed by atoms with E-state index < -0.39 is 5.97 Å². The molecule has 0 heterocycles.